The Morgan fingerprint density at radius 1 is 1.39 bits per heavy atom. The second-order valence-electron chi connectivity index (χ2n) is 5.47. The number of benzene rings is 1. The molecule has 1 heterocycles. The summed E-state index contributed by atoms with van der Waals surface area (Å²) in [7, 11) is 1.87. The largest absolute Gasteiger partial charge is 0.351 e. The predicted molar refractivity (Wildman–Crippen MR) is 98.3 cm³/mol. The van der Waals surface area contributed by atoms with Gasteiger partial charge in [-0.2, -0.15) is 0 Å². The maximum atomic E-state index is 13.0. The standard InChI is InChI=1S/C17H22ClN3OS/c1-5-21(6-2)16(22)14-11(3)20(4)17(23)19-15(14)12-8-7-9-13(18)10-12/h7-10,15H,5-6H2,1-4H3,(H,19,23)/t15-/m0/s1. The molecule has 0 aliphatic carbocycles. The Morgan fingerprint density at radius 2 is 2.04 bits per heavy atom. The average Bonchev–Trinajstić information content (AvgIpc) is 2.53. The molecule has 2 rings (SSSR count). The number of halogens is 1. The topological polar surface area (TPSA) is 35.6 Å². The summed E-state index contributed by atoms with van der Waals surface area (Å²) in [6, 6.07) is 7.25. The average molecular weight is 352 g/mol. The van der Waals surface area contributed by atoms with E-state index in [9.17, 15) is 4.79 Å². The molecular weight excluding hydrogens is 330 g/mol. The van der Waals surface area contributed by atoms with Gasteiger partial charge in [-0.3, -0.25) is 4.79 Å². The van der Waals surface area contributed by atoms with Crippen molar-refractivity contribution in [2.75, 3.05) is 20.1 Å². The Morgan fingerprint density at radius 3 is 2.61 bits per heavy atom. The highest BCUT2D eigenvalue weighted by Gasteiger charge is 2.34. The van der Waals surface area contributed by atoms with Crippen molar-refractivity contribution in [3.05, 3.63) is 46.1 Å². The minimum Gasteiger partial charge on any atom is -0.351 e. The number of carbonyl (C=O) groups excluding carboxylic acids is 1. The van der Waals surface area contributed by atoms with E-state index >= 15 is 0 Å². The fourth-order valence-electron chi connectivity index (χ4n) is 2.73. The molecule has 1 aromatic rings. The first kappa shape index (κ1) is 17.8. The lowest BCUT2D eigenvalue weighted by atomic mass is 9.94. The van der Waals surface area contributed by atoms with Crippen molar-refractivity contribution in [3.63, 3.8) is 0 Å². The molecule has 124 valence electrons. The van der Waals surface area contributed by atoms with E-state index in [1.807, 2.05) is 61.9 Å². The van der Waals surface area contributed by atoms with Crippen LogP contribution in [-0.2, 0) is 4.79 Å². The summed E-state index contributed by atoms with van der Waals surface area (Å²) < 4.78 is 0. The summed E-state index contributed by atoms with van der Waals surface area (Å²) in [6.45, 7) is 7.24. The van der Waals surface area contributed by atoms with Gasteiger partial charge in [0.15, 0.2) is 5.11 Å². The molecule has 0 fully saturated rings. The summed E-state index contributed by atoms with van der Waals surface area (Å²) in [4.78, 5) is 16.7. The molecule has 0 unspecified atom stereocenters. The lowest BCUT2D eigenvalue weighted by Gasteiger charge is -2.37. The molecule has 0 aromatic heterocycles. The molecule has 0 radical (unpaired) electrons. The van der Waals surface area contributed by atoms with E-state index in [2.05, 4.69) is 5.32 Å². The van der Waals surface area contributed by atoms with Crippen LogP contribution in [0, 0.1) is 0 Å². The molecule has 1 aliphatic rings. The molecule has 1 atom stereocenters. The second-order valence-corrected chi connectivity index (χ2v) is 6.30. The van der Waals surface area contributed by atoms with E-state index in [-0.39, 0.29) is 11.9 Å². The van der Waals surface area contributed by atoms with Crippen LogP contribution in [0.25, 0.3) is 0 Å². The molecule has 0 bridgehead atoms. The molecule has 6 heteroatoms. The summed E-state index contributed by atoms with van der Waals surface area (Å²) in [6.07, 6.45) is 0. The summed E-state index contributed by atoms with van der Waals surface area (Å²) in [5, 5.41) is 4.51. The van der Waals surface area contributed by atoms with E-state index in [1.165, 1.54) is 0 Å². The number of nitrogens with zero attached hydrogens (tertiary/aromatic N) is 2. The first-order valence-electron chi connectivity index (χ1n) is 7.70. The van der Waals surface area contributed by atoms with E-state index < -0.39 is 0 Å². The number of hydrogen-bond acceptors (Lipinski definition) is 2. The smallest absolute Gasteiger partial charge is 0.253 e. The number of rotatable bonds is 4. The van der Waals surface area contributed by atoms with Crippen LogP contribution in [0.2, 0.25) is 5.02 Å². The zero-order valence-corrected chi connectivity index (χ0v) is 15.5. The fourth-order valence-corrected chi connectivity index (χ4v) is 3.18. The van der Waals surface area contributed by atoms with Crippen molar-refractivity contribution in [2.24, 2.45) is 0 Å². The highest BCUT2D eigenvalue weighted by Crippen LogP contribution is 2.32. The van der Waals surface area contributed by atoms with Crippen LogP contribution in [0.3, 0.4) is 0 Å². The van der Waals surface area contributed by atoms with Gasteiger partial charge in [0.2, 0.25) is 0 Å². The zero-order chi connectivity index (χ0) is 17.1. The number of likely N-dealkylation sites (N-methyl/N-ethyl adjacent to an activating group) is 1. The van der Waals surface area contributed by atoms with Crippen molar-refractivity contribution in [1.82, 2.24) is 15.1 Å². The lowest BCUT2D eigenvalue weighted by molar-refractivity contribution is -0.127. The maximum absolute atomic E-state index is 13.0. The zero-order valence-electron chi connectivity index (χ0n) is 13.9. The number of allylic oxidation sites excluding steroid dienone is 1. The van der Waals surface area contributed by atoms with Gasteiger partial charge in [0, 0.05) is 30.9 Å². The summed E-state index contributed by atoms with van der Waals surface area (Å²) >= 11 is 11.5. The molecule has 4 nitrogen and oxygen atoms in total. The van der Waals surface area contributed by atoms with Gasteiger partial charge in [0.1, 0.15) is 0 Å². The van der Waals surface area contributed by atoms with Crippen LogP contribution in [0.15, 0.2) is 35.5 Å². The van der Waals surface area contributed by atoms with Crippen LogP contribution in [0.1, 0.15) is 32.4 Å². The normalized spacial score (nSPS) is 18.0. The number of thiocarbonyl (C=S) groups is 1. The van der Waals surface area contributed by atoms with Crippen molar-refractivity contribution in [1.29, 1.82) is 0 Å². The molecule has 23 heavy (non-hydrogen) atoms. The molecule has 1 amide bonds. The van der Waals surface area contributed by atoms with Gasteiger partial charge in [-0.15, -0.1) is 0 Å². The van der Waals surface area contributed by atoms with Crippen LogP contribution in [0.4, 0.5) is 0 Å². The minimum absolute atomic E-state index is 0.0272. The van der Waals surface area contributed by atoms with Crippen LogP contribution < -0.4 is 5.32 Å². The molecule has 0 spiro atoms. The van der Waals surface area contributed by atoms with Gasteiger partial charge in [-0.25, -0.2) is 0 Å². The van der Waals surface area contributed by atoms with Crippen LogP contribution >= 0.6 is 23.8 Å². The monoisotopic (exact) mass is 351 g/mol. The van der Waals surface area contributed by atoms with Gasteiger partial charge in [-0.1, -0.05) is 23.7 Å². The highest BCUT2D eigenvalue weighted by molar-refractivity contribution is 7.80. The Bertz CT molecular complexity index is 655. The third-order valence-electron chi connectivity index (χ3n) is 4.22. The number of nitrogens with one attached hydrogen (secondary N) is 1. The van der Waals surface area contributed by atoms with E-state index in [0.29, 0.717) is 28.8 Å². The van der Waals surface area contributed by atoms with E-state index in [4.69, 9.17) is 23.8 Å². The Hall–Kier alpha value is -1.59. The third-order valence-corrected chi connectivity index (χ3v) is 4.84. The summed E-state index contributed by atoms with van der Waals surface area (Å²) in [5.74, 6) is 0.0272. The van der Waals surface area contributed by atoms with Crippen molar-refractivity contribution >= 4 is 34.8 Å². The Balaban J connectivity index is 2.54. The highest BCUT2D eigenvalue weighted by atomic mass is 35.5. The van der Waals surface area contributed by atoms with Gasteiger partial charge < -0.3 is 15.1 Å². The first-order valence-corrected chi connectivity index (χ1v) is 8.49. The minimum atomic E-state index is -0.287. The first-order chi connectivity index (χ1) is 10.9. The van der Waals surface area contributed by atoms with E-state index in [0.717, 1.165) is 11.3 Å². The maximum Gasteiger partial charge on any atom is 0.253 e. The van der Waals surface area contributed by atoms with Crippen molar-refractivity contribution in [3.8, 4) is 0 Å². The molecule has 1 aliphatic heterocycles. The molecule has 0 saturated carbocycles. The Kier molecular flexibility index (Phi) is 5.65. The SMILES string of the molecule is CCN(CC)C(=O)C1=C(C)N(C)C(=S)N[C@H]1c1cccc(Cl)c1. The van der Waals surface area contributed by atoms with Gasteiger partial charge >= 0.3 is 0 Å². The quantitative estimate of drug-likeness (QED) is 0.844. The Labute approximate surface area is 148 Å². The summed E-state index contributed by atoms with van der Waals surface area (Å²) in [5.41, 5.74) is 2.52. The number of amides is 1. The molecule has 1 N–H and O–H groups in total. The van der Waals surface area contributed by atoms with Gasteiger partial charge in [0.05, 0.1) is 11.6 Å². The number of hydrogen-bond donors (Lipinski definition) is 1. The van der Waals surface area contributed by atoms with Crippen molar-refractivity contribution < 1.29 is 4.79 Å². The van der Waals surface area contributed by atoms with Crippen LogP contribution in [-0.4, -0.2) is 41.0 Å². The lowest BCUT2D eigenvalue weighted by Crippen LogP contribution is -2.48. The third kappa shape index (κ3) is 3.51. The fraction of sp³-hybridized carbons (Fsp3) is 0.412. The molecular formula is C17H22ClN3OS. The van der Waals surface area contributed by atoms with Gasteiger partial charge in [0.25, 0.3) is 5.91 Å². The predicted octanol–water partition coefficient (Wildman–Crippen LogP) is 3.34. The van der Waals surface area contributed by atoms with Crippen LogP contribution in [0.5, 0.6) is 0 Å². The second kappa shape index (κ2) is 7.32. The van der Waals surface area contributed by atoms with Gasteiger partial charge in [-0.05, 0) is 50.7 Å². The molecule has 0 saturated heterocycles. The molecule has 1 aromatic carbocycles. The number of carbonyl (C=O) groups is 1. The van der Waals surface area contributed by atoms with Crippen molar-refractivity contribution in [2.45, 2.75) is 26.8 Å². The van der Waals surface area contributed by atoms with E-state index in [1.54, 1.807) is 0 Å².